The molecule has 0 atom stereocenters. The number of hydrogen-bond donors (Lipinski definition) is 0. The van der Waals surface area contributed by atoms with Crippen LogP contribution in [0.1, 0.15) is 20.7 Å². The molecule has 5 nitrogen and oxygen atoms in total. The zero-order valence-electron chi connectivity index (χ0n) is 12.7. The van der Waals surface area contributed by atoms with Crippen LogP contribution in [0.2, 0.25) is 0 Å². The van der Waals surface area contributed by atoms with Gasteiger partial charge >= 0.3 is 5.97 Å². The van der Waals surface area contributed by atoms with Crippen LogP contribution in [0.3, 0.4) is 0 Å². The van der Waals surface area contributed by atoms with Crippen molar-refractivity contribution in [3.63, 3.8) is 0 Å². The third-order valence-electron chi connectivity index (χ3n) is 3.11. The lowest BCUT2D eigenvalue weighted by Gasteiger charge is -2.07. The summed E-state index contributed by atoms with van der Waals surface area (Å²) in [4.78, 5) is 24.0. The van der Waals surface area contributed by atoms with Crippen LogP contribution in [0.25, 0.3) is 0 Å². The lowest BCUT2D eigenvalue weighted by atomic mass is 10.1. The first-order valence-corrected chi connectivity index (χ1v) is 7.52. The molecule has 2 aromatic rings. The molecule has 0 aliphatic heterocycles. The van der Waals surface area contributed by atoms with Crippen molar-refractivity contribution in [1.82, 2.24) is 0 Å². The lowest BCUT2D eigenvalue weighted by Crippen LogP contribution is -2.14. The SMILES string of the molecule is COc1cccc(C(=O)COC(=O)c2ccc(OC)c(Br)c2)c1. The fourth-order valence-electron chi connectivity index (χ4n) is 1.89. The molecule has 0 aliphatic rings. The summed E-state index contributed by atoms with van der Waals surface area (Å²) in [6, 6.07) is 11.5. The third kappa shape index (κ3) is 4.32. The predicted octanol–water partition coefficient (Wildman–Crippen LogP) is 3.51. The minimum atomic E-state index is -0.579. The van der Waals surface area contributed by atoms with Crippen molar-refractivity contribution in [3.05, 3.63) is 58.1 Å². The molecule has 2 aromatic carbocycles. The van der Waals surface area contributed by atoms with Crippen LogP contribution in [-0.4, -0.2) is 32.6 Å². The van der Waals surface area contributed by atoms with E-state index in [4.69, 9.17) is 14.2 Å². The molecule has 0 bridgehead atoms. The highest BCUT2D eigenvalue weighted by Gasteiger charge is 2.14. The number of benzene rings is 2. The maximum absolute atomic E-state index is 12.1. The lowest BCUT2D eigenvalue weighted by molar-refractivity contribution is 0.0474. The molecular formula is C17H15BrO5. The standard InChI is InChI=1S/C17H15BrO5/c1-21-13-5-3-4-11(8-13)15(19)10-23-17(20)12-6-7-16(22-2)14(18)9-12/h3-9H,10H2,1-2H3. The van der Waals surface area contributed by atoms with Gasteiger partial charge in [0, 0.05) is 5.56 Å². The number of ether oxygens (including phenoxy) is 3. The van der Waals surface area contributed by atoms with E-state index in [1.165, 1.54) is 14.2 Å². The molecule has 0 saturated carbocycles. The van der Waals surface area contributed by atoms with E-state index in [2.05, 4.69) is 15.9 Å². The summed E-state index contributed by atoms with van der Waals surface area (Å²) >= 11 is 3.29. The van der Waals surface area contributed by atoms with Crippen LogP contribution in [-0.2, 0) is 4.74 Å². The van der Waals surface area contributed by atoms with Gasteiger partial charge in [-0.05, 0) is 46.3 Å². The Labute approximate surface area is 142 Å². The van der Waals surface area contributed by atoms with Crippen LogP contribution in [0, 0.1) is 0 Å². The second kappa shape index (κ2) is 7.78. The van der Waals surface area contributed by atoms with Gasteiger partial charge in [-0.15, -0.1) is 0 Å². The summed E-state index contributed by atoms with van der Waals surface area (Å²) in [5, 5.41) is 0. The number of hydrogen-bond acceptors (Lipinski definition) is 5. The average molecular weight is 379 g/mol. The number of rotatable bonds is 6. The first-order chi connectivity index (χ1) is 11.0. The molecule has 23 heavy (non-hydrogen) atoms. The van der Waals surface area contributed by atoms with Crippen LogP contribution >= 0.6 is 15.9 Å². The molecule has 6 heteroatoms. The van der Waals surface area contributed by atoms with Gasteiger partial charge in [-0.2, -0.15) is 0 Å². The fraction of sp³-hybridized carbons (Fsp3) is 0.176. The quantitative estimate of drug-likeness (QED) is 0.568. The van der Waals surface area contributed by atoms with Crippen molar-refractivity contribution in [3.8, 4) is 11.5 Å². The Morgan fingerprint density at radius 1 is 1.00 bits per heavy atom. The zero-order valence-corrected chi connectivity index (χ0v) is 14.3. The molecule has 0 aromatic heterocycles. The largest absolute Gasteiger partial charge is 0.497 e. The van der Waals surface area contributed by atoms with Gasteiger partial charge in [0.2, 0.25) is 0 Å². The van der Waals surface area contributed by atoms with Gasteiger partial charge < -0.3 is 14.2 Å². The van der Waals surface area contributed by atoms with Crippen molar-refractivity contribution >= 4 is 27.7 Å². The van der Waals surface area contributed by atoms with Crippen molar-refractivity contribution < 1.29 is 23.8 Å². The Morgan fingerprint density at radius 3 is 2.43 bits per heavy atom. The second-order valence-corrected chi connectivity index (χ2v) is 5.43. The van der Waals surface area contributed by atoms with Gasteiger partial charge in [-0.3, -0.25) is 4.79 Å². The van der Waals surface area contributed by atoms with Gasteiger partial charge in [-0.1, -0.05) is 12.1 Å². The minimum absolute atomic E-state index is 0.301. The smallest absolute Gasteiger partial charge is 0.338 e. The molecule has 0 fully saturated rings. The topological polar surface area (TPSA) is 61.8 Å². The highest BCUT2D eigenvalue weighted by molar-refractivity contribution is 9.10. The second-order valence-electron chi connectivity index (χ2n) is 4.58. The molecule has 120 valence electrons. The summed E-state index contributed by atoms with van der Waals surface area (Å²) in [6.45, 7) is -0.338. The number of esters is 1. The molecule has 0 N–H and O–H groups in total. The van der Waals surface area contributed by atoms with E-state index in [0.717, 1.165) is 0 Å². The average Bonchev–Trinajstić information content (AvgIpc) is 2.59. The first-order valence-electron chi connectivity index (χ1n) is 6.73. The van der Waals surface area contributed by atoms with E-state index in [0.29, 0.717) is 27.1 Å². The molecule has 0 amide bonds. The molecule has 0 saturated heterocycles. The monoisotopic (exact) mass is 378 g/mol. The molecule has 0 unspecified atom stereocenters. The van der Waals surface area contributed by atoms with E-state index >= 15 is 0 Å². The summed E-state index contributed by atoms with van der Waals surface area (Å²) in [7, 11) is 3.05. The first kappa shape index (κ1) is 17.0. The van der Waals surface area contributed by atoms with Gasteiger partial charge in [0.15, 0.2) is 12.4 Å². The van der Waals surface area contributed by atoms with Gasteiger partial charge in [0.25, 0.3) is 0 Å². The van der Waals surface area contributed by atoms with E-state index < -0.39 is 5.97 Å². The highest BCUT2D eigenvalue weighted by atomic mass is 79.9. The maximum Gasteiger partial charge on any atom is 0.338 e. The van der Waals surface area contributed by atoms with Crippen LogP contribution in [0.4, 0.5) is 0 Å². The number of carbonyl (C=O) groups is 2. The number of halogens is 1. The van der Waals surface area contributed by atoms with Crippen molar-refractivity contribution in [1.29, 1.82) is 0 Å². The van der Waals surface area contributed by atoms with E-state index in [9.17, 15) is 9.59 Å². The summed E-state index contributed by atoms with van der Waals surface area (Å²) < 4.78 is 15.8. The molecular weight excluding hydrogens is 364 g/mol. The highest BCUT2D eigenvalue weighted by Crippen LogP contribution is 2.25. The summed E-state index contributed by atoms with van der Waals surface area (Å²) in [5.41, 5.74) is 0.754. The van der Waals surface area contributed by atoms with Crippen molar-refractivity contribution in [2.45, 2.75) is 0 Å². The van der Waals surface area contributed by atoms with Crippen LogP contribution < -0.4 is 9.47 Å². The fourth-order valence-corrected chi connectivity index (χ4v) is 2.43. The Hall–Kier alpha value is -2.34. The van der Waals surface area contributed by atoms with E-state index in [1.807, 2.05) is 0 Å². The van der Waals surface area contributed by atoms with Gasteiger partial charge in [-0.25, -0.2) is 4.79 Å². The van der Waals surface area contributed by atoms with Gasteiger partial charge in [0.1, 0.15) is 11.5 Å². The number of ketones is 1. The third-order valence-corrected chi connectivity index (χ3v) is 3.73. The Bertz CT molecular complexity index is 727. The van der Waals surface area contributed by atoms with Crippen molar-refractivity contribution in [2.75, 3.05) is 20.8 Å². The Kier molecular flexibility index (Phi) is 5.76. The molecule has 2 rings (SSSR count). The molecule has 0 spiro atoms. The van der Waals surface area contributed by atoms with Gasteiger partial charge in [0.05, 0.1) is 24.3 Å². The predicted molar refractivity (Wildman–Crippen MR) is 88.3 cm³/mol. The van der Waals surface area contributed by atoms with Crippen LogP contribution in [0.15, 0.2) is 46.9 Å². The molecule has 0 radical (unpaired) electrons. The number of carbonyl (C=O) groups excluding carboxylic acids is 2. The summed E-state index contributed by atoms with van der Waals surface area (Å²) in [6.07, 6.45) is 0. The van der Waals surface area contributed by atoms with E-state index in [-0.39, 0.29) is 12.4 Å². The van der Waals surface area contributed by atoms with Crippen molar-refractivity contribution in [2.24, 2.45) is 0 Å². The normalized spacial score (nSPS) is 10.0. The Morgan fingerprint density at radius 2 is 1.78 bits per heavy atom. The van der Waals surface area contributed by atoms with E-state index in [1.54, 1.807) is 42.5 Å². The molecule has 0 heterocycles. The van der Waals surface area contributed by atoms with Crippen LogP contribution in [0.5, 0.6) is 11.5 Å². The minimum Gasteiger partial charge on any atom is -0.497 e. The molecule has 0 aliphatic carbocycles. The summed E-state index contributed by atoms with van der Waals surface area (Å²) in [5.74, 6) is 0.296. The maximum atomic E-state index is 12.1. The number of methoxy groups -OCH3 is 2. The Balaban J connectivity index is 2.00. The number of Topliss-reactive ketones (excluding diaryl/α,β-unsaturated/α-hetero) is 1. The zero-order chi connectivity index (χ0) is 16.8.